The van der Waals surface area contributed by atoms with Crippen LogP contribution in [0, 0.1) is 0 Å². The summed E-state index contributed by atoms with van der Waals surface area (Å²) in [6, 6.07) is 93.0. The van der Waals surface area contributed by atoms with Crippen molar-refractivity contribution in [3.63, 3.8) is 0 Å². The van der Waals surface area contributed by atoms with E-state index in [-0.39, 0.29) is 0 Å². The maximum Gasteiger partial charge on any atom is 0.132 e. The molecule has 1 spiro atoms. The van der Waals surface area contributed by atoms with Crippen LogP contribution in [0.4, 0.5) is 17.1 Å². The number of anilines is 3. The first-order chi connectivity index (χ1) is 33.8. The van der Waals surface area contributed by atoms with Gasteiger partial charge in [0.05, 0.1) is 33.5 Å². The maximum atomic E-state index is 6.75. The molecule has 0 amide bonds. The lowest BCUT2D eigenvalue weighted by atomic mass is 9.58. The van der Waals surface area contributed by atoms with Crippen LogP contribution >= 0.6 is 0 Å². The van der Waals surface area contributed by atoms with Gasteiger partial charge in [0.15, 0.2) is 0 Å². The fourth-order valence-corrected chi connectivity index (χ4v) is 11.7. The van der Waals surface area contributed by atoms with Crippen molar-refractivity contribution in [1.29, 1.82) is 0 Å². The Balaban J connectivity index is 1.07. The summed E-state index contributed by atoms with van der Waals surface area (Å²) >= 11 is 0. The summed E-state index contributed by atoms with van der Waals surface area (Å²) in [4.78, 5) is 2.51. The van der Waals surface area contributed by atoms with E-state index in [1.54, 1.807) is 0 Å². The Hall–Kier alpha value is -8.92. The molecular weight excluding hydrogens is 825 g/mol. The monoisotopic (exact) mass is 866 g/mol. The van der Waals surface area contributed by atoms with Gasteiger partial charge >= 0.3 is 0 Å². The highest BCUT2D eigenvalue weighted by atomic mass is 16.5. The van der Waals surface area contributed by atoms with Crippen molar-refractivity contribution in [3.8, 4) is 50.6 Å². The van der Waals surface area contributed by atoms with Gasteiger partial charge in [0.1, 0.15) is 11.5 Å². The average molecular weight is 867 g/mol. The van der Waals surface area contributed by atoms with Gasteiger partial charge in [-0.3, -0.25) is 0 Å². The van der Waals surface area contributed by atoms with E-state index in [9.17, 15) is 0 Å². The molecule has 0 radical (unpaired) electrons. The molecule has 2 heterocycles. The number of hydrogen-bond acceptors (Lipinski definition) is 2. The van der Waals surface area contributed by atoms with Gasteiger partial charge < -0.3 is 14.2 Å². The van der Waals surface area contributed by atoms with Gasteiger partial charge in [-0.1, -0.05) is 200 Å². The van der Waals surface area contributed by atoms with Crippen molar-refractivity contribution in [1.82, 2.24) is 4.57 Å². The molecule has 68 heavy (non-hydrogen) atoms. The molecule has 3 nitrogen and oxygen atoms in total. The second-order valence-corrected chi connectivity index (χ2v) is 17.9. The Kier molecular flexibility index (Phi) is 8.50. The van der Waals surface area contributed by atoms with Crippen LogP contribution in [0.15, 0.2) is 255 Å². The number of para-hydroxylation sites is 5. The Morgan fingerprint density at radius 1 is 0.338 bits per heavy atom. The highest BCUT2D eigenvalue weighted by Crippen LogP contribution is 2.62. The molecule has 14 rings (SSSR count). The topological polar surface area (TPSA) is 17.4 Å². The van der Waals surface area contributed by atoms with Crippen molar-refractivity contribution in [2.24, 2.45) is 0 Å². The van der Waals surface area contributed by atoms with Crippen molar-refractivity contribution < 1.29 is 4.74 Å². The molecule has 0 bridgehead atoms. The zero-order valence-electron chi connectivity index (χ0n) is 37.1. The minimum Gasteiger partial charge on any atom is -0.457 e. The maximum absolute atomic E-state index is 6.75. The van der Waals surface area contributed by atoms with E-state index in [0.29, 0.717) is 0 Å². The van der Waals surface area contributed by atoms with Crippen LogP contribution in [-0.4, -0.2) is 4.57 Å². The molecule has 1 aliphatic heterocycles. The number of benzene rings is 11. The standard InChI is InChI=1S/C65H42N2O/c1-3-20-43(21-4-1)46-24-8-14-33-57(46)66(45-38-40-61-52(42-45)49-27-10-16-35-59(49)67(61)58-34-15-9-25-47(58)44-22-5-2-6-23-44)60-41-39-50-48-26-7-11-29-53(48)65(56-32-19-28-51(60)64(50)56)54-30-12-17-36-62(54)68-63-37-18-13-31-55(63)65/h1-42H. The summed E-state index contributed by atoms with van der Waals surface area (Å²) in [6.07, 6.45) is 0. The van der Waals surface area contributed by atoms with Crippen LogP contribution in [0.3, 0.4) is 0 Å². The zero-order chi connectivity index (χ0) is 44.8. The highest BCUT2D eigenvalue weighted by molar-refractivity contribution is 6.14. The first-order valence-corrected chi connectivity index (χ1v) is 23.4. The summed E-state index contributed by atoms with van der Waals surface area (Å²) in [6.45, 7) is 0. The van der Waals surface area contributed by atoms with E-state index in [1.165, 1.54) is 60.4 Å². The second kappa shape index (κ2) is 15.1. The van der Waals surface area contributed by atoms with E-state index in [4.69, 9.17) is 4.74 Å². The Bertz CT molecular complexity index is 3910. The second-order valence-electron chi connectivity index (χ2n) is 17.9. The molecule has 12 aromatic rings. The molecule has 0 N–H and O–H groups in total. The predicted octanol–water partition coefficient (Wildman–Crippen LogP) is 17.2. The molecule has 0 unspecified atom stereocenters. The minimum absolute atomic E-state index is 0.628. The van der Waals surface area contributed by atoms with Crippen molar-refractivity contribution >= 4 is 49.6 Å². The summed E-state index contributed by atoms with van der Waals surface area (Å²) in [5.41, 5.74) is 18.1. The lowest BCUT2D eigenvalue weighted by Gasteiger charge is -2.45. The molecule has 2 aliphatic rings. The lowest BCUT2D eigenvalue weighted by molar-refractivity contribution is 0.435. The van der Waals surface area contributed by atoms with E-state index < -0.39 is 5.41 Å². The Labute approximate surface area is 395 Å². The number of ether oxygens (including phenoxy) is 1. The van der Waals surface area contributed by atoms with E-state index in [1.807, 2.05) is 0 Å². The van der Waals surface area contributed by atoms with Gasteiger partial charge in [-0.2, -0.15) is 0 Å². The van der Waals surface area contributed by atoms with Crippen LogP contribution in [0.5, 0.6) is 11.5 Å². The normalized spacial score (nSPS) is 12.9. The fraction of sp³-hybridized carbons (Fsp3) is 0.0154. The van der Waals surface area contributed by atoms with Gasteiger partial charge in [-0.25, -0.2) is 0 Å². The molecule has 1 aliphatic carbocycles. The van der Waals surface area contributed by atoms with Crippen molar-refractivity contribution in [2.75, 3.05) is 4.90 Å². The number of hydrogen-bond donors (Lipinski definition) is 0. The van der Waals surface area contributed by atoms with Crippen molar-refractivity contribution in [2.45, 2.75) is 5.41 Å². The minimum atomic E-state index is -0.628. The molecule has 11 aromatic carbocycles. The van der Waals surface area contributed by atoms with E-state index >= 15 is 0 Å². The Morgan fingerprint density at radius 3 is 1.66 bits per heavy atom. The zero-order valence-corrected chi connectivity index (χ0v) is 37.1. The van der Waals surface area contributed by atoms with Gasteiger partial charge in [0.25, 0.3) is 0 Å². The third-order valence-electron chi connectivity index (χ3n) is 14.5. The van der Waals surface area contributed by atoms with Crippen LogP contribution in [0.25, 0.3) is 71.6 Å². The van der Waals surface area contributed by atoms with Crippen LogP contribution in [-0.2, 0) is 5.41 Å². The van der Waals surface area contributed by atoms with E-state index in [2.05, 4.69) is 264 Å². The smallest absolute Gasteiger partial charge is 0.132 e. The molecule has 0 saturated heterocycles. The van der Waals surface area contributed by atoms with Gasteiger partial charge in [-0.15, -0.1) is 0 Å². The largest absolute Gasteiger partial charge is 0.457 e. The molecule has 318 valence electrons. The van der Waals surface area contributed by atoms with Crippen LogP contribution < -0.4 is 9.64 Å². The van der Waals surface area contributed by atoms with Gasteiger partial charge in [0.2, 0.25) is 0 Å². The van der Waals surface area contributed by atoms with Crippen molar-refractivity contribution in [3.05, 3.63) is 277 Å². The fourth-order valence-electron chi connectivity index (χ4n) is 11.7. The first kappa shape index (κ1) is 38.4. The summed E-state index contributed by atoms with van der Waals surface area (Å²) in [5.74, 6) is 1.77. The molecule has 0 saturated carbocycles. The highest BCUT2D eigenvalue weighted by Gasteiger charge is 2.49. The SMILES string of the molecule is c1ccc(-c2ccccc2N(c2ccc3c(c2)c2ccccc2n3-c2ccccc2-c2ccccc2)c2ccc3c4c(cccc24)C2(c4ccccc4Oc4ccccc42)c2ccccc2-3)cc1. The summed E-state index contributed by atoms with van der Waals surface area (Å²) in [7, 11) is 0. The van der Waals surface area contributed by atoms with Gasteiger partial charge in [0, 0.05) is 44.1 Å². The predicted molar refractivity (Wildman–Crippen MR) is 281 cm³/mol. The summed E-state index contributed by atoms with van der Waals surface area (Å²) < 4.78 is 9.20. The average Bonchev–Trinajstić information content (AvgIpc) is 3.74. The quantitative estimate of drug-likeness (QED) is 0.166. The first-order valence-electron chi connectivity index (χ1n) is 23.4. The number of nitrogens with zero attached hydrogens (tertiary/aromatic N) is 2. The summed E-state index contributed by atoms with van der Waals surface area (Å²) in [5, 5.41) is 4.81. The number of aromatic nitrogens is 1. The lowest BCUT2D eigenvalue weighted by Crippen LogP contribution is -2.36. The molecule has 0 atom stereocenters. The number of fused-ring (bicyclic) bond motifs is 11. The third kappa shape index (κ3) is 5.47. The Morgan fingerprint density at radius 2 is 0.897 bits per heavy atom. The van der Waals surface area contributed by atoms with Gasteiger partial charge in [-0.05, 0) is 93.4 Å². The van der Waals surface area contributed by atoms with Crippen LogP contribution in [0.2, 0.25) is 0 Å². The molecule has 0 fully saturated rings. The third-order valence-corrected chi connectivity index (χ3v) is 14.5. The molecule has 1 aromatic heterocycles. The molecular formula is C65H42N2O. The van der Waals surface area contributed by atoms with Crippen LogP contribution in [0.1, 0.15) is 22.3 Å². The molecule has 3 heteroatoms. The van der Waals surface area contributed by atoms with E-state index in [0.717, 1.165) is 62.0 Å². The number of rotatable bonds is 6.